The van der Waals surface area contributed by atoms with Crippen molar-refractivity contribution >= 4 is 11.4 Å². The monoisotopic (exact) mass is 270 g/mol. The molecule has 20 heavy (non-hydrogen) atoms. The summed E-state index contributed by atoms with van der Waals surface area (Å²) in [5.41, 5.74) is 3.13. The topological polar surface area (TPSA) is 65.2 Å². The molecule has 2 aromatic carbocycles. The Morgan fingerprint density at radius 1 is 0.950 bits per heavy atom. The van der Waals surface area contributed by atoms with E-state index in [2.05, 4.69) is 10.2 Å². The van der Waals surface area contributed by atoms with Gasteiger partial charge in [0.05, 0.1) is 11.4 Å². The van der Waals surface area contributed by atoms with Crippen LogP contribution in [0.2, 0.25) is 0 Å². The molecule has 0 amide bonds. The lowest BCUT2D eigenvalue weighted by Gasteiger charge is -2.10. The van der Waals surface area contributed by atoms with Crippen molar-refractivity contribution < 1.29 is 10.2 Å². The summed E-state index contributed by atoms with van der Waals surface area (Å²) in [5, 5.41) is 27.5. The predicted molar refractivity (Wildman–Crippen MR) is 79.2 cm³/mol. The highest BCUT2D eigenvalue weighted by Gasteiger charge is 2.09. The maximum absolute atomic E-state index is 9.90. The number of phenols is 2. The van der Waals surface area contributed by atoms with Gasteiger partial charge in [0.15, 0.2) is 0 Å². The van der Waals surface area contributed by atoms with Gasteiger partial charge in [0, 0.05) is 0 Å². The van der Waals surface area contributed by atoms with Crippen molar-refractivity contribution in [2.45, 2.75) is 26.7 Å². The average molecular weight is 270 g/mol. The molecule has 2 N–H and O–H groups in total. The Hall–Kier alpha value is -2.36. The van der Waals surface area contributed by atoms with E-state index in [9.17, 15) is 10.2 Å². The summed E-state index contributed by atoms with van der Waals surface area (Å²) >= 11 is 0. The highest BCUT2D eigenvalue weighted by atomic mass is 16.3. The Balaban J connectivity index is 2.33. The summed E-state index contributed by atoms with van der Waals surface area (Å²) in [4.78, 5) is 0. The number of nitrogens with zero attached hydrogens (tertiary/aromatic N) is 2. The van der Waals surface area contributed by atoms with Crippen LogP contribution in [0.1, 0.15) is 30.9 Å². The van der Waals surface area contributed by atoms with Crippen LogP contribution in [0.5, 0.6) is 11.5 Å². The minimum Gasteiger partial charge on any atom is -0.508 e. The number of hydrogen-bond acceptors (Lipinski definition) is 4. The first-order valence-corrected chi connectivity index (χ1v) is 6.51. The normalized spacial score (nSPS) is 11.4. The summed E-state index contributed by atoms with van der Waals surface area (Å²) < 4.78 is 0. The van der Waals surface area contributed by atoms with E-state index in [1.54, 1.807) is 30.3 Å². The summed E-state index contributed by atoms with van der Waals surface area (Å²) in [6.45, 7) is 5.92. The van der Waals surface area contributed by atoms with Gasteiger partial charge >= 0.3 is 0 Å². The molecule has 2 aromatic rings. The fraction of sp³-hybridized carbons (Fsp3) is 0.250. The smallest absolute Gasteiger partial charge is 0.119 e. The zero-order chi connectivity index (χ0) is 14.7. The van der Waals surface area contributed by atoms with Crippen LogP contribution < -0.4 is 0 Å². The second-order valence-electron chi connectivity index (χ2n) is 5.07. The van der Waals surface area contributed by atoms with E-state index < -0.39 is 0 Å². The second-order valence-corrected chi connectivity index (χ2v) is 5.07. The van der Waals surface area contributed by atoms with Crippen LogP contribution in [0.25, 0.3) is 0 Å². The minimum absolute atomic E-state index is 0.201. The summed E-state index contributed by atoms with van der Waals surface area (Å²) in [7, 11) is 0. The number of aromatic hydroxyl groups is 2. The Morgan fingerprint density at radius 2 is 1.60 bits per heavy atom. The zero-order valence-electron chi connectivity index (χ0n) is 11.8. The first-order valence-electron chi connectivity index (χ1n) is 6.51. The molecule has 0 spiro atoms. The van der Waals surface area contributed by atoms with Crippen molar-refractivity contribution in [3.8, 4) is 11.5 Å². The summed E-state index contributed by atoms with van der Waals surface area (Å²) in [5.74, 6) is 0.714. The van der Waals surface area contributed by atoms with Crippen LogP contribution in [-0.4, -0.2) is 10.2 Å². The molecule has 0 saturated heterocycles. The number of phenolic OH excluding ortho intramolecular Hbond substituents is 2. The predicted octanol–water partition coefficient (Wildman–Crippen LogP) is 4.95. The molecular weight excluding hydrogens is 252 g/mol. The molecular formula is C16H18N2O2. The number of benzene rings is 2. The standard InChI is InChI=1S/C16H18N2O2/c1-10(2)14-9-15(11(3)8-16(14)20)18-17-12-4-6-13(19)7-5-12/h4-10,19-20H,1-3H3. The second kappa shape index (κ2) is 5.74. The number of hydrogen-bond donors (Lipinski definition) is 2. The van der Waals surface area contributed by atoms with E-state index in [-0.39, 0.29) is 11.7 Å². The molecule has 104 valence electrons. The van der Waals surface area contributed by atoms with Crippen LogP contribution in [-0.2, 0) is 0 Å². The maximum atomic E-state index is 9.90. The molecule has 0 aromatic heterocycles. The highest BCUT2D eigenvalue weighted by molar-refractivity contribution is 5.54. The largest absolute Gasteiger partial charge is 0.508 e. The van der Waals surface area contributed by atoms with Gasteiger partial charge in [0.2, 0.25) is 0 Å². The lowest BCUT2D eigenvalue weighted by Crippen LogP contribution is -1.89. The SMILES string of the molecule is Cc1cc(O)c(C(C)C)cc1N=Nc1ccc(O)cc1. The van der Waals surface area contributed by atoms with Gasteiger partial charge in [-0.2, -0.15) is 10.2 Å². The third-order valence-corrected chi connectivity index (χ3v) is 3.09. The molecule has 0 heterocycles. The first-order chi connectivity index (χ1) is 9.47. The Kier molecular flexibility index (Phi) is 4.03. The molecule has 4 heteroatoms. The van der Waals surface area contributed by atoms with Crippen LogP contribution >= 0.6 is 0 Å². The molecule has 0 aliphatic rings. The van der Waals surface area contributed by atoms with E-state index >= 15 is 0 Å². The van der Waals surface area contributed by atoms with Crippen LogP contribution in [0, 0.1) is 6.92 Å². The van der Waals surface area contributed by atoms with Crippen molar-refractivity contribution in [1.29, 1.82) is 0 Å². The number of rotatable bonds is 3. The van der Waals surface area contributed by atoms with Gasteiger partial charge in [0.25, 0.3) is 0 Å². The molecule has 0 unspecified atom stereocenters. The average Bonchev–Trinajstić information content (AvgIpc) is 2.39. The maximum Gasteiger partial charge on any atom is 0.119 e. The molecule has 0 atom stereocenters. The lowest BCUT2D eigenvalue weighted by atomic mass is 9.99. The molecule has 0 aliphatic heterocycles. The molecule has 0 radical (unpaired) electrons. The van der Waals surface area contributed by atoms with Crippen molar-refractivity contribution in [2.75, 3.05) is 0 Å². The van der Waals surface area contributed by atoms with Gasteiger partial charge in [-0.05, 0) is 60.4 Å². The molecule has 0 bridgehead atoms. The van der Waals surface area contributed by atoms with E-state index in [1.807, 2.05) is 26.8 Å². The van der Waals surface area contributed by atoms with Crippen molar-refractivity contribution in [1.82, 2.24) is 0 Å². The third kappa shape index (κ3) is 3.15. The molecule has 0 saturated carbocycles. The van der Waals surface area contributed by atoms with Gasteiger partial charge in [-0.15, -0.1) is 0 Å². The molecule has 2 rings (SSSR count). The Bertz CT molecular complexity index is 632. The van der Waals surface area contributed by atoms with E-state index in [1.165, 1.54) is 0 Å². The van der Waals surface area contributed by atoms with E-state index in [0.29, 0.717) is 11.4 Å². The van der Waals surface area contributed by atoms with E-state index in [4.69, 9.17) is 0 Å². The van der Waals surface area contributed by atoms with Crippen molar-refractivity contribution in [3.05, 3.63) is 47.5 Å². The fourth-order valence-corrected chi connectivity index (χ4v) is 1.90. The number of azo groups is 1. The van der Waals surface area contributed by atoms with Gasteiger partial charge in [-0.3, -0.25) is 0 Å². The molecule has 0 fully saturated rings. The highest BCUT2D eigenvalue weighted by Crippen LogP contribution is 2.33. The molecule has 0 aliphatic carbocycles. The quantitative estimate of drug-likeness (QED) is 0.775. The Morgan fingerprint density at radius 3 is 2.20 bits per heavy atom. The van der Waals surface area contributed by atoms with Gasteiger partial charge < -0.3 is 10.2 Å². The molecule has 4 nitrogen and oxygen atoms in total. The van der Waals surface area contributed by atoms with Gasteiger partial charge in [-0.1, -0.05) is 13.8 Å². The van der Waals surface area contributed by atoms with Gasteiger partial charge in [0.1, 0.15) is 11.5 Å². The summed E-state index contributed by atoms with van der Waals surface area (Å²) in [6.07, 6.45) is 0. The van der Waals surface area contributed by atoms with Crippen LogP contribution in [0.4, 0.5) is 11.4 Å². The Labute approximate surface area is 118 Å². The third-order valence-electron chi connectivity index (χ3n) is 3.09. The van der Waals surface area contributed by atoms with Crippen molar-refractivity contribution in [2.24, 2.45) is 10.2 Å². The van der Waals surface area contributed by atoms with Gasteiger partial charge in [-0.25, -0.2) is 0 Å². The number of aryl methyl sites for hydroxylation is 1. The summed E-state index contributed by atoms with van der Waals surface area (Å²) in [6, 6.07) is 10.1. The van der Waals surface area contributed by atoms with Crippen molar-refractivity contribution in [3.63, 3.8) is 0 Å². The zero-order valence-corrected chi connectivity index (χ0v) is 11.8. The van der Waals surface area contributed by atoms with Crippen LogP contribution in [0.3, 0.4) is 0 Å². The fourth-order valence-electron chi connectivity index (χ4n) is 1.90. The lowest BCUT2D eigenvalue weighted by molar-refractivity contribution is 0.464. The van der Waals surface area contributed by atoms with Crippen LogP contribution in [0.15, 0.2) is 46.6 Å². The first kappa shape index (κ1) is 14.1. The minimum atomic E-state index is 0.201. The van der Waals surface area contributed by atoms with E-state index in [0.717, 1.165) is 16.8 Å².